The second kappa shape index (κ2) is 17.3. The first kappa shape index (κ1) is 24.9. The summed E-state index contributed by atoms with van der Waals surface area (Å²) in [7, 11) is 4.82. The molecule has 0 heterocycles. The standard InChI is InChI=1S/C23H51N2/c1-6-9-10-11-12-13-14-15-16-17-20-24-21-18-19-23(8-3)25(4,5)22-7-2/h23-24H,6-22H2,1-5H3/q+1. The Balaban J connectivity index is 3.38. The molecule has 25 heavy (non-hydrogen) atoms. The van der Waals surface area contributed by atoms with Crippen LogP contribution in [0.4, 0.5) is 0 Å². The molecular formula is C23H51N2+. The second-order valence-electron chi connectivity index (χ2n) is 8.64. The number of hydrogen-bond acceptors (Lipinski definition) is 1. The molecule has 2 nitrogen and oxygen atoms in total. The molecule has 0 aliphatic heterocycles. The molecule has 0 aromatic rings. The predicted molar refractivity (Wildman–Crippen MR) is 115 cm³/mol. The molecule has 2 heteroatoms. The predicted octanol–water partition coefficient (Wildman–Crippen LogP) is 6.54. The molecule has 0 amide bonds. The molecule has 0 aromatic carbocycles. The van der Waals surface area contributed by atoms with Gasteiger partial charge in [-0.1, -0.05) is 78.6 Å². The summed E-state index contributed by atoms with van der Waals surface area (Å²) in [4.78, 5) is 0. The molecule has 1 atom stereocenters. The van der Waals surface area contributed by atoms with Gasteiger partial charge in [-0.25, -0.2) is 0 Å². The van der Waals surface area contributed by atoms with Crippen LogP contribution in [0.5, 0.6) is 0 Å². The fourth-order valence-electron chi connectivity index (χ4n) is 4.13. The van der Waals surface area contributed by atoms with Crippen molar-refractivity contribution < 1.29 is 4.48 Å². The lowest BCUT2D eigenvalue weighted by molar-refractivity contribution is -0.915. The highest BCUT2D eigenvalue weighted by Crippen LogP contribution is 2.16. The molecular weight excluding hydrogens is 304 g/mol. The molecule has 0 saturated carbocycles. The Hall–Kier alpha value is -0.0800. The van der Waals surface area contributed by atoms with Gasteiger partial charge in [-0.15, -0.1) is 0 Å². The number of unbranched alkanes of at least 4 members (excludes halogenated alkanes) is 9. The topological polar surface area (TPSA) is 12.0 Å². The highest BCUT2D eigenvalue weighted by molar-refractivity contribution is 4.59. The number of nitrogens with zero attached hydrogens (tertiary/aromatic N) is 1. The SMILES string of the molecule is CCCCCCCCCCCCNCCCC(CC)[N+](C)(C)CCC. The molecule has 0 bridgehead atoms. The normalized spacial score (nSPS) is 13.3. The van der Waals surface area contributed by atoms with Crippen molar-refractivity contribution in [2.24, 2.45) is 0 Å². The van der Waals surface area contributed by atoms with E-state index in [1.165, 1.54) is 114 Å². The van der Waals surface area contributed by atoms with Crippen LogP contribution in [0.25, 0.3) is 0 Å². The maximum atomic E-state index is 3.67. The van der Waals surface area contributed by atoms with Gasteiger partial charge in [0.05, 0.1) is 26.7 Å². The van der Waals surface area contributed by atoms with Crippen LogP contribution < -0.4 is 5.32 Å². The number of quaternary nitrogens is 1. The van der Waals surface area contributed by atoms with Crippen LogP contribution in [0.3, 0.4) is 0 Å². The molecule has 152 valence electrons. The molecule has 0 spiro atoms. The van der Waals surface area contributed by atoms with Crippen molar-refractivity contribution in [3.8, 4) is 0 Å². The third kappa shape index (κ3) is 14.7. The van der Waals surface area contributed by atoms with Crippen molar-refractivity contribution in [3.63, 3.8) is 0 Å². The Labute approximate surface area is 160 Å². The van der Waals surface area contributed by atoms with E-state index in [4.69, 9.17) is 0 Å². The zero-order valence-corrected chi connectivity index (χ0v) is 18.5. The Morgan fingerprint density at radius 2 is 1.16 bits per heavy atom. The minimum absolute atomic E-state index is 0.832. The van der Waals surface area contributed by atoms with E-state index in [2.05, 4.69) is 40.2 Å². The van der Waals surface area contributed by atoms with E-state index in [0.717, 1.165) is 6.04 Å². The van der Waals surface area contributed by atoms with E-state index in [1.54, 1.807) is 0 Å². The largest absolute Gasteiger partial charge is 0.326 e. The average Bonchev–Trinajstić information content (AvgIpc) is 2.58. The second-order valence-corrected chi connectivity index (χ2v) is 8.64. The quantitative estimate of drug-likeness (QED) is 0.205. The van der Waals surface area contributed by atoms with E-state index >= 15 is 0 Å². The molecule has 0 aromatic heterocycles. The van der Waals surface area contributed by atoms with Gasteiger partial charge in [0.25, 0.3) is 0 Å². The molecule has 0 aliphatic rings. The van der Waals surface area contributed by atoms with Crippen molar-refractivity contribution in [2.75, 3.05) is 33.7 Å². The van der Waals surface area contributed by atoms with Crippen LogP contribution in [-0.4, -0.2) is 44.3 Å². The van der Waals surface area contributed by atoms with Crippen LogP contribution in [0, 0.1) is 0 Å². The summed E-state index contributed by atoms with van der Waals surface area (Å²) in [5, 5.41) is 3.67. The number of rotatable bonds is 19. The first-order valence-electron chi connectivity index (χ1n) is 11.6. The fraction of sp³-hybridized carbons (Fsp3) is 1.00. The highest BCUT2D eigenvalue weighted by atomic mass is 15.3. The zero-order chi connectivity index (χ0) is 18.8. The summed E-state index contributed by atoms with van der Waals surface area (Å²) in [5.74, 6) is 0. The van der Waals surface area contributed by atoms with Gasteiger partial charge in [-0.05, 0) is 38.8 Å². The van der Waals surface area contributed by atoms with Crippen molar-refractivity contribution in [1.82, 2.24) is 5.32 Å². The summed E-state index contributed by atoms with van der Waals surface area (Å²) in [6.07, 6.45) is 19.6. The van der Waals surface area contributed by atoms with E-state index in [-0.39, 0.29) is 0 Å². The van der Waals surface area contributed by atoms with Gasteiger partial charge >= 0.3 is 0 Å². The van der Waals surface area contributed by atoms with Crippen LogP contribution in [0.2, 0.25) is 0 Å². The van der Waals surface area contributed by atoms with Crippen molar-refractivity contribution >= 4 is 0 Å². The third-order valence-electron chi connectivity index (χ3n) is 5.86. The molecule has 0 radical (unpaired) electrons. The third-order valence-corrected chi connectivity index (χ3v) is 5.86. The van der Waals surface area contributed by atoms with Crippen LogP contribution in [0.1, 0.15) is 111 Å². The van der Waals surface area contributed by atoms with Gasteiger partial charge in [0.15, 0.2) is 0 Å². The zero-order valence-electron chi connectivity index (χ0n) is 18.5. The first-order chi connectivity index (χ1) is 12.1. The van der Waals surface area contributed by atoms with E-state index in [1.807, 2.05) is 0 Å². The molecule has 0 aliphatic carbocycles. The van der Waals surface area contributed by atoms with Crippen molar-refractivity contribution in [2.45, 2.75) is 117 Å². The molecule has 1 unspecified atom stereocenters. The maximum absolute atomic E-state index is 3.67. The summed E-state index contributed by atoms with van der Waals surface area (Å²) in [6, 6.07) is 0.832. The van der Waals surface area contributed by atoms with Gasteiger partial charge in [0.2, 0.25) is 0 Å². The fourth-order valence-corrected chi connectivity index (χ4v) is 4.13. The van der Waals surface area contributed by atoms with E-state index in [0.29, 0.717) is 0 Å². The molecule has 0 rings (SSSR count). The van der Waals surface area contributed by atoms with E-state index in [9.17, 15) is 0 Å². The van der Waals surface area contributed by atoms with E-state index < -0.39 is 0 Å². The molecule has 0 saturated heterocycles. The molecule has 0 fully saturated rings. The Bertz CT molecular complexity index is 263. The summed E-state index contributed by atoms with van der Waals surface area (Å²) in [5.41, 5.74) is 0. The van der Waals surface area contributed by atoms with Gasteiger partial charge in [-0.2, -0.15) is 0 Å². The lowest BCUT2D eigenvalue weighted by Crippen LogP contribution is -2.49. The monoisotopic (exact) mass is 355 g/mol. The minimum atomic E-state index is 0.832. The van der Waals surface area contributed by atoms with Crippen molar-refractivity contribution in [1.29, 1.82) is 0 Å². The Morgan fingerprint density at radius 1 is 0.640 bits per heavy atom. The van der Waals surface area contributed by atoms with Crippen LogP contribution in [0.15, 0.2) is 0 Å². The lowest BCUT2D eigenvalue weighted by Gasteiger charge is -2.37. The summed E-state index contributed by atoms with van der Waals surface area (Å²) >= 11 is 0. The highest BCUT2D eigenvalue weighted by Gasteiger charge is 2.24. The lowest BCUT2D eigenvalue weighted by atomic mass is 10.0. The Kier molecular flexibility index (Phi) is 17.3. The summed E-state index contributed by atoms with van der Waals surface area (Å²) in [6.45, 7) is 10.7. The van der Waals surface area contributed by atoms with Gasteiger partial charge in [0.1, 0.15) is 0 Å². The maximum Gasteiger partial charge on any atom is 0.0884 e. The first-order valence-corrected chi connectivity index (χ1v) is 11.6. The van der Waals surface area contributed by atoms with Crippen LogP contribution >= 0.6 is 0 Å². The van der Waals surface area contributed by atoms with Gasteiger partial charge in [-0.3, -0.25) is 0 Å². The Morgan fingerprint density at radius 3 is 1.68 bits per heavy atom. The molecule has 1 N–H and O–H groups in total. The average molecular weight is 356 g/mol. The van der Waals surface area contributed by atoms with Crippen molar-refractivity contribution in [3.05, 3.63) is 0 Å². The number of hydrogen-bond donors (Lipinski definition) is 1. The smallest absolute Gasteiger partial charge is 0.0884 e. The van der Waals surface area contributed by atoms with Crippen LogP contribution in [-0.2, 0) is 0 Å². The number of nitrogens with one attached hydrogen (secondary N) is 1. The minimum Gasteiger partial charge on any atom is -0.326 e. The van der Waals surface area contributed by atoms with Gasteiger partial charge in [0, 0.05) is 6.42 Å². The van der Waals surface area contributed by atoms with Gasteiger partial charge < -0.3 is 9.80 Å². The summed E-state index contributed by atoms with van der Waals surface area (Å²) < 4.78 is 1.20.